The summed E-state index contributed by atoms with van der Waals surface area (Å²) in [6.45, 7) is 2.39. The zero-order valence-electron chi connectivity index (χ0n) is 18.1. The van der Waals surface area contributed by atoms with E-state index >= 15 is 0 Å². The van der Waals surface area contributed by atoms with Crippen molar-refractivity contribution >= 4 is 17.9 Å². The van der Waals surface area contributed by atoms with Crippen molar-refractivity contribution in [1.29, 1.82) is 0 Å². The number of urea groups is 1. The number of para-hydroxylation sites is 1. The molecule has 0 unspecified atom stereocenters. The molecule has 1 saturated heterocycles. The van der Waals surface area contributed by atoms with Crippen LogP contribution in [0.5, 0.6) is 11.5 Å². The highest BCUT2D eigenvalue weighted by Gasteiger charge is 2.26. The lowest BCUT2D eigenvalue weighted by Crippen LogP contribution is -2.50. The van der Waals surface area contributed by atoms with Gasteiger partial charge in [-0.25, -0.2) is 14.8 Å². The number of carbonyl (C=O) groups excluding carboxylic acids is 2. The van der Waals surface area contributed by atoms with Crippen LogP contribution >= 0.6 is 0 Å². The summed E-state index contributed by atoms with van der Waals surface area (Å²) in [4.78, 5) is 37.1. The smallest absolute Gasteiger partial charge is 0.312 e. The summed E-state index contributed by atoms with van der Waals surface area (Å²) in [7, 11) is 0. The summed E-state index contributed by atoms with van der Waals surface area (Å²) in [5.41, 5.74) is 6.14. The maximum absolute atomic E-state index is 13.0. The van der Waals surface area contributed by atoms with Gasteiger partial charge < -0.3 is 25.6 Å². The number of aromatic nitrogens is 2. The first-order valence-electron chi connectivity index (χ1n) is 10.8. The standard InChI is InChI=1S/C24H26N6O3/c25-23(32)28-21(18-6-4-9-20(16-18)33-19-7-2-1-3-8-19)17-22(31)29-12-14-30(15-13-29)24-26-10-5-11-27-24/h1-11,16,21H,12-15,17H2,(H3,25,28,32)/t21-/m0/s1. The fourth-order valence-electron chi connectivity index (χ4n) is 3.76. The fraction of sp³-hybridized carbons (Fsp3) is 0.250. The molecule has 1 aliphatic heterocycles. The third kappa shape index (κ3) is 5.97. The minimum atomic E-state index is -0.687. The van der Waals surface area contributed by atoms with Crippen LogP contribution in [0.25, 0.3) is 0 Å². The van der Waals surface area contributed by atoms with Crippen LogP contribution in [0.3, 0.4) is 0 Å². The summed E-state index contributed by atoms with van der Waals surface area (Å²) in [6.07, 6.45) is 3.50. The van der Waals surface area contributed by atoms with Crippen LogP contribution < -0.4 is 20.7 Å². The van der Waals surface area contributed by atoms with Gasteiger partial charge in [-0.05, 0) is 35.9 Å². The van der Waals surface area contributed by atoms with Crippen LogP contribution in [0.1, 0.15) is 18.0 Å². The number of primary amides is 1. The Hall–Kier alpha value is -4.14. The average Bonchev–Trinajstić information content (AvgIpc) is 2.85. The normalized spacial score (nSPS) is 14.4. The van der Waals surface area contributed by atoms with Gasteiger partial charge in [0.25, 0.3) is 0 Å². The Morgan fingerprint density at radius 3 is 2.33 bits per heavy atom. The van der Waals surface area contributed by atoms with Crippen molar-refractivity contribution in [3.63, 3.8) is 0 Å². The highest BCUT2D eigenvalue weighted by Crippen LogP contribution is 2.26. The van der Waals surface area contributed by atoms with E-state index in [9.17, 15) is 9.59 Å². The molecule has 3 amide bonds. The largest absolute Gasteiger partial charge is 0.457 e. The number of carbonyl (C=O) groups is 2. The molecular formula is C24H26N6O3. The summed E-state index contributed by atoms with van der Waals surface area (Å²) < 4.78 is 5.89. The first-order valence-corrected chi connectivity index (χ1v) is 10.8. The molecule has 1 atom stereocenters. The van der Waals surface area contributed by atoms with Crippen LogP contribution in [0.2, 0.25) is 0 Å². The Bertz CT molecular complexity index is 1070. The second-order valence-electron chi connectivity index (χ2n) is 7.67. The van der Waals surface area contributed by atoms with E-state index in [0.717, 1.165) is 5.56 Å². The second kappa shape index (κ2) is 10.4. The number of anilines is 1. The molecule has 9 nitrogen and oxygen atoms in total. The number of hydrogen-bond donors (Lipinski definition) is 2. The van der Waals surface area contributed by atoms with Crippen LogP contribution in [0, 0.1) is 0 Å². The number of amides is 3. The van der Waals surface area contributed by atoms with Gasteiger partial charge in [0.1, 0.15) is 11.5 Å². The molecule has 33 heavy (non-hydrogen) atoms. The zero-order valence-corrected chi connectivity index (χ0v) is 18.1. The molecule has 3 aromatic rings. The van der Waals surface area contributed by atoms with Crippen molar-refractivity contribution in [1.82, 2.24) is 20.2 Å². The first-order chi connectivity index (χ1) is 16.1. The molecule has 4 rings (SSSR count). The van der Waals surface area contributed by atoms with Crippen LogP contribution in [-0.2, 0) is 4.79 Å². The third-order valence-electron chi connectivity index (χ3n) is 5.40. The lowest BCUT2D eigenvalue weighted by molar-refractivity contribution is -0.132. The molecular weight excluding hydrogens is 420 g/mol. The molecule has 170 valence electrons. The Morgan fingerprint density at radius 2 is 1.64 bits per heavy atom. The van der Waals surface area contributed by atoms with Crippen molar-refractivity contribution in [2.75, 3.05) is 31.1 Å². The summed E-state index contributed by atoms with van der Waals surface area (Å²) in [5.74, 6) is 1.91. The number of nitrogens with one attached hydrogen (secondary N) is 1. The van der Waals surface area contributed by atoms with E-state index < -0.39 is 12.1 Å². The van der Waals surface area contributed by atoms with Gasteiger partial charge in [-0.2, -0.15) is 0 Å². The quantitative estimate of drug-likeness (QED) is 0.577. The summed E-state index contributed by atoms with van der Waals surface area (Å²) in [6, 6.07) is 17.2. The van der Waals surface area contributed by atoms with E-state index in [4.69, 9.17) is 10.5 Å². The molecule has 1 fully saturated rings. The summed E-state index contributed by atoms with van der Waals surface area (Å²) in [5, 5.41) is 2.70. The maximum atomic E-state index is 13.0. The number of nitrogens with two attached hydrogens (primary N) is 1. The number of nitrogens with zero attached hydrogens (tertiary/aromatic N) is 4. The second-order valence-corrected chi connectivity index (χ2v) is 7.67. The minimum absolute atomic E-state index is 0.0586. The van der Waals surface area contributed by atoms with Crippen molar-refractivity contribution < 1.29 is 14.3 Å². The van der Waals surface area contributed by atoms with Gasteiger partial charge in [-0.3, -0.25) is 4.79 Å². The summed E-state index contributed by atoms with van der Waals surface area (Å²) >= 11 is 0. The number of hydrogen-bond acceptors (Lipinski definition) is 6. The van der Waals surface area contributed by atoms with Gasteiger partial charge in [0, 0.05) is 38.6 Å². The Kier molecular flexibility index (Phi) is 6.99. The van der Waals surface area contributed by atoms with Crippen molar-refractivity contribution in [3.05, 3.63) is 78.6 Å². The molecule has 2 heterocycles. The maximum Gasteiger partial charge on any atom is 0.312 e. The lowest BCUT2D eigenvalue weighted by Gasteiger charge is -2.35. The predicted molar refractivity (Wildman–Crippen MR) is 124 cm³/mol. The average molecular weight is 447 g/mol. The topological polar surface area (TPSA) is 114 Å². The van der Waals surface area contributed by atoms with Gasteiger partial charge in [0.05, 0.1) is 12.5 Å². The van der Waals surface area contributed by atoms with E-state index in [0.29, 0.717) is 43.6 Å². The highest BCUT2D eigenvalue weighted by molar-refractivity contribution is 5.79. The molecule has 2 aromatic carbocycles. The van der Waals surface area contributed by atoms with Gasteiger partial charge in [-0.1, -0.05) is 30.3 Å². The monoisotopic (exact) mass is 446 g/mol. The van der Waals surface area contributed by atoms with E-state index in [1.807, 2.05) is 59.5 Å². The fourth-order valence-corrected chi connectivity index (χ4v) is 3.76. The van der Waals surface area contributed by atoms with Crippen molar-refractivity contribution in [3.8, 4) is 11.5 Å². The zero-order chi connectivity index (χ0) is 23.0. The molecule has 0 spiro atoms. The number of rotatable bonds is 7. The SMILES string of the molecule is NC(=O)N[C@@H](CC(=O)N1CCN(c2ncccn2)CC1)c1cccc(Oc2ccccc2)c1. The predicted octanol–water partition coefficient (Wildman–Crippen LogP) is 2.72. The van der Waals surface area contributed by atoms with Crippen molar-refractivity contribution in [2.45, 2.75) is 12.5 Å². The third-order valence-corrected chi connectivity index (χ3v) is 5.40. The number of piperazine rings is 1. The van der Waals surface area contributed by atoms with Crippen molar-refractivity contribution in [2.24, 2.45) is 5.73 Å². The Labute approximate surface area is 192 Å². The highest BCUT2D eigenvalue weighted by atomic mass is 16.5. The van der Waals surface area contributed by atoms with Gasteiger partial charge in [0.15, 0.2) is 0 Å². The molecule has 1 aromatic heterocycles. The van der Waals surface area contributed by atoms with Crippen LogP contribution in [-0.4, -0.2) is 53.0 Å². The molecule has 3 N–H and O–H groups in total. The van der Waals surface area contributed by atoms with E-state index in [1.165, 1.54) is 0 Å². The van der Waals surface area contributed by atoms with E-state index in [-0.39, 0.29) is 12.3 Å². The lowest BCUT2D eigenvalue weighted by atomic mass is 10.0. The van der Waals surface area contributed by atoms with E-state index in [2.05, 4.69) is 15.3 Å². The molecule has 9 heteroatoms. The molecule has 0 radical (unpaired) electrons. The van der Waals surface area contributed by atoms with Gasteiger partial charge >= 0.3 is 6.03 Å². The molecule has 0 aliphatic carbocycles. The van der Waals surface area contributed by atoms with Gasteiger partial charge in [0.2, 0.25) is 11.9 Å². The van der Waals surface area contributed by atoms with Gasteiger partial charge in [-0.15, -0.1) is 0 Å². The van der Waals surface area contributed by atoms with Crippen LogP contribution in [0.15, 0.2) is 73.1 Å². The van der Waals surface area contributed by atoms with E-state index in [1.54, 1.807) is 23.4 Å². The first kappa shape index (κ1) is 22.1. The minimum Gasteiger partial charge on any atom is -0.457 e. The Balaban J connectivity index is 1.41. The molecule has 0 saturated carbocycles. The van der Waals surface area contributed by atoms with Crippen LogP contribution in [0.4, 0.5) is 10.7 Å². The number of benzene rings is 2. The molecule has 1 aliphatic rings. The number of ether oxygens (including phenoxy) is 1. The Morgan fingerprint density at radius 1 is 0.939 bits per heavy atom. The molecule has 0 bridgehead atoms.